The molecule has 0 aliphatic carbocycles. The van der Waals surface area contributed by atoms with Gasteiger partial charge in [-0.2, -0.15) is 0 Å². The topological polar surface area (TPSA) is 55.8 Å². The van der Waals surface area contributed by atoms with Gasteiger partial charge in [0.05, 0.1) is 7.11 Å². The van der Waals surface area contributed by atoms with Gasteiger partial charge in [-0.25, -0.2) is 9.18 Å². The van der Waals surface area contributed by atoms with Crippen molar-refractivity contribution in [2.45, 2.75) is 0 Å². The Morgan fingerprint density at radius 1 is 1.14 bits per heavy atom. The van der Waals surface area contributed by atoms with Crippen LogP contribution in [0.2, 0.25) is 0 Å². The van der Waals surface area contributed by atoms with Gasteiger partial charge in [0, 0.05) is 18.2 Å². The molecule has 0 amide bonds. The van der Waals surface area contributed by atoms with Gasteiger partial charge in [-0.15, -0.1) is 0 Å². The van der Waals surface area contributed by atoms with Crippen LogP contribution in [-0.4, -0.2) is 18.2 Å². The van der Waals surface area contributed by atoms with Crippen molar-refractivity contribution in [3.63, 3.8) is 0 Å². The van der Waals surface area contributed by atoms with Crippen LogP contribution in [0.3, 0.4) is 0 Å². The number of carbonyl (C=O) groups is 1. The molecule has 2 aromatic carbocycles. The first-order chi connectivity index (χ1) is 10.1. The number of carboxylic acids is 1. The third kappa shape index (κ3) is 4.35. The molecule has 0 aliphatic rings. The van der Waals surface area contributed by atoms with Gasteiger partial charge in [0.2, 0.25) is 0 Å². The van der Waals surface area contributed by atoms with Gasteiger partial charge < -0.3 is 14.6 Å². The molecule has 2 aromatic rings. The molecule has 2 rings (SSSR count). The molecule has 0 saturated carbocycles. The number of hydrogen-bond acceptors (Lipinski definition) is 3. The fourth-order valence-corrected chi connectivity index (χ4v) is 1.71. The van der Waals surface area contributed by atoms with Crippen LogP contribution in [0, 0.1) is 5.82 Å². The minimum absolute atomic E-state index is 0.272. The molecule has 0 bridgehead atoms. The monoisotopic (exact) mass is 288 g/mol. The minimum Gasteiger partial charge on any atom is -0.497 e. The van der Waals surface area contributed by atoms with Gasteiger partial charge in [0.25, 0.3) is 0 Å². The van der Waals surface area contributed by atoms with Crippen molar-refractivity contribution >= 4 is 12.0 Å². The van der Waals surface area contributed by atoms with E-state index in [9.17, 15) is 9.18 Å². The first kappa shape index (κ1) is 14.6. The molecular weight excluding hydrogens is 275 g/mol. The quantitative estimate of drug-likeness (QED) is 0.852. The number of rotatable bonds is 5. The lowest BCUT2D eigenvalue weighted by molar-refractivity contribution is -0.131. The largest absolute Gasteiger partial charge is 0.497 e. The highest BCUT2D eigenvalue weighted by atomic mass is 19.1. The first-order valence-electron chi connectivity index (χ1n) is 6.10. The van der Waals surface area contributed by atoms with E-state index in [4.69, 9.17) is 14.6 Å². The average Bonchev–Trinajstić information content (AvgIpc) is 2.45. The van der Waals surface area contributed by atoms with E-state index in [1.807, 2.05) is 0 Å². The molecule has 0 saturated heterocycles. The van der Waals surface area contributed by atoms with E-state index in [0.29, 0.717) is 17.1 Å². The molecule has 0 heterocycles. The normalized spacial score (nSPS) is 10.6. The van der Waals surface area contributed by atoms with Crippen LogP contribution in [0.1, 0.15) is 5.56 Å². The maximum Gasteiger partial charge on any atom is 0.328 e. The molecule has 0 radical (unpaired) electrons. The summed E-state index contributed by atoms with van der Waals surface area (Å²) in [6, 6.07) is 10.9. The molecule has 5 heteroatoms. The second-order valence-corrected chi connectivity index (χ2v) is 4.17. The summed E-state index contributed by atoms with van der Waals surface area (Å²) < 4.78 is 24.1. The molecule has 21 heavy (non-hydrogen) atoms. The standard InChI is InChI=1S/C16H13FO4/c1-20-13-3-2-4-14(10-13)21-15-8-11(5-6-16(18)19)7-12(17)9-15/h2-10H,1H3,(H,18,19)/b6-5+. The molecular formula is C16H13FO4. The zero-order chi connectivity index (χ0) is 15.2. The average molecular weight is 288 g/mol. The molecule has 0 unspecified atom stereocenters. The van der Waals surface area contributed by atoms with Crippen LogP contribution in [0.5, 0.6) is 17.2 Å². The molecule has 0 fully saturated rings. The lowest BCUT2D eigenvalue weighted by atomic mass is 10.2. The summed E-state index contributed by atoms with van der Waals surface area (Å²) in [6.45, 7) is 0. The van der Waals surface area contributed by atoms with Crippen LogP contribution >= 0.6 is 0 Å². The van der Waals surface area contributed by atoms with Gasteiger partial charge in [-0.05, 0) is 35.9 Å². The van der Waals surface area contributed by atoms with Gasteiger partial charge in [-0.3, -0.25) is 0 Å². The van der Waals surface area contributed by atoms with Crippen molar-refractivity contribution in [3.05, 3.63) is 59.9 Å². The SMILES string of the molecule is COc1cccc(Oc2cc(F)cc(/C=C/C(=O)O)c2)c1. The van der Waals surface area contributed by atoms with Crippen LogP contribution in [0.4, 0.5) is 4.39 Å². The molecule has 0 spiro atoms. The van der Waals surface area contributed by atoms with Crippen molar-refractivity contribution in [1.29, 1.82) is 0 Å². The van der Waals surface area contributed by atoms with Gasteiger partial charge in [0.1, 0.15) is 23.1 Å². The summed E-state index contributed by atoms with van der Waals surface area (Å²) in [7, 11) is 1.54. The lowest BCUT2D eigenvalue weighted by Gasteiger charge is -2.08. The van der Waals surface area contributed by atoms with Crippen molar-refractivity contribution in [1.82, 2.24) is 0 Å². The Balaban J connectivity index is 2.25. The molecule has 0 aromatic heterocycles. The zero-order valence-corrected chi connectivity index (χ0v) is 11.2. The van der Waals surface area contributed by atoms with Crippen molar-refractivity contribution in [2.75, 3.05) is 7.11 Å². The predicted molar refractivity (Wildman–Crippen MR) is 76.1 cm³/mol. The summed E-state index contributed by atoms with van der Waals surface area (Å²) in [5, 5.41) is 8.58. The number of ether oxygens (including phenoxy) is 2. The summed E-state index contributed by atoms with van der Waals surface area (Å²) in [4.78, 5) is 10.5. The van der Waals surface area contributed by atoms with Crippen LogP contribution in [0.25, 0.3) is 6.08 Å². The molecule has 4 nitrogen and oxygen atoms in total. The maximum atomic E-state index is 13.5. The van der Waals surface area contributed by atoms with E-state index in [-0.39, 0.29) is 5.75 Å². The molecule has 1 N–H and O–H groups in total. The van der Waals surface area contributed by atoms with Crippen molar-refractivity contribution in [3.8, 4) is 17.2 Å². The molecule has 0 atom stereocenters. The fraction of sp³-hybridized carbons (Fsp3) is 0.0625. The van der Waals surface area contributed by atoms with Gasteiger partial charge >= 0.3 is 5.97 Å². The van der Waals surface area contributed by atoms with E-state index in [1.165, 1.54) is 25.3 Å². The second kappa shape index (κ2) is 6.56. The van der Waals surface area contributed by atoms with Crippen LogP contribution < -0.4 is 9.47 Å². The minimum atomic E-state index is -1.10. The summed E-state index contributed by atoms with van der Waals surface area (Å²) >= 11 is 0. The third-order valence-electron chi connectivity index (χ3n) is 2.59. The Morgan fingerprint density at radius 3 is 2.62 bits per heavy atom. The summed E-state index contributed by atoms with van der Waals surface area (Å²) in [5.74, 6) is -0.230. The number of hydrogen-bond donors (Lipinski definition) is 1. The number of aliphatic carboxylic acids is 1. The zero-order valence-electron chi connectivity index (χ0n) is 11.2. The third-order valence-corrected chi connectivity index (χ3v) is 2.59. The van der Waals surface area contributed by atoms with E-state index in [1.54, 1.807) is 30.3 Å². The lowest BCUT2D eigenvalue weighted by Crippen LogP contribution is -1.90. The Morgan fingerprint density at radius 2 is 1.90 bits per heavy atom. The van der Waals surface area contributed by atoms with Crippen LogP contribution in [0.15, 0.2) is 48.5 Å². The van der Waals surface area contributed by atoms with Gasteiger partial charge in [0.15, 0.2) is 0 Å². The summed E-state index contributed by atoms with van der Waals surface area (Å²) in [6.07, 6.45) is 2.23. The predicted octanol–water partition coefficient (Wildman–Crippen LogP) is 3.72. The molecule has 0 aliphatic heterocycles. The number of methoxy groups -OCH3 is 1. The smallest absolute Gasteiger partial charge is 0.328 e. The fourth-order valence-electron chi connectivity index (χ4n) is 1.71. The second-order valence-electron chi connectivity index (χ2n) is 4.17. The highest BCUT2D eigenvalue weighted by molar-refractivity contribution is 5.85. The van der Waals surface area contributed by atoms with Crippen molar-refractivity contribution in [2.24, 2.45) is 0 Å². The van der Waals surface area contributed by atoms with E-state index < -0.39 is 11.8 Å². The highest BCUT2D eigenvalue weighted by Gasteiger charge is 2.03. The molecule has 108 valence electrons. The highest BCUT2D eigenvalue weighted by Crippen LogP contribution is 2.26. The Bertz CT molecular complexity index is 680. The first-order valence-corrected chi connectivity index (χ1v) is 6.10. The van der Waals surface area contributed by atoms with Crippen molar-refractivity contribution < 1.29 is 23.8 Å². The number of benzene rings is 2. The van der Waals surface area contributed by atoms with E-state index >= 15 is 0 Å². The maximum absolute atomic E-state index is 13.5. The van der Waals surface area contributed by atoms with Crippen LogP contribution in [-0.2, 0) is 4.79 Å². The Kier molecular flexibility index (Phi) is 4.56. The summed E-state index contributed by atoms with van der Waals surface area (Å²) in [5.41, 5.74) is 0.398. The van der Waals surface area contributed by atoms with E-state index in [2.05, 4.69) is 0 Å². The van der Waals surface area contributed by atoms with Gasteiger partial charge in [-0.1, -0.05) is 6.07 Å². The Hall–Kier alpha value is -2.82. The Labute approximate surface area is 121 Å². The number of carboxylic acid groups (broad SMARTS) is 1. The van der Waals surface area contributed by atoms with E-state index in [0.717, 1.165) is 6.08 Å². The number of halogens is 1.